The second kappa shape index (κ2) is 3.31. The first kappa shape index (κ1) is 9.33. The van der Waals surface area contributed by atoms with Crippen LogP contribution in [0.5, 0.6) is 0 Å². The first-order valence-corrected chi connectivity index (χ1v) is 7.83. The van der Waals surface area contributed by atoms with Gasteiger partial charge < -0.3 is 5.73 Å². The molecule has 0 aromatic rings. The SMILES string of the molecule is C[Si](C)(C)C1=CC=C(N)CC=C1. The Morgan fingerprint density at radius 3 is 2.50 bits per heavy atom. The van der Waals surface area contributed by atoms with E-state index in [1.54, 1.807) is 0 Å². The lowest BCUT2D eigenvalue weighted by molar-refractivity contribution is 1.17. The maximum absolute atomic E-state index is 5.72. The van der Waals surface area contributed by atoms with Gasteiger partial charge in [0.05, 0.1) is 8.07 Å². The number of rotatable bonds is 1. The summed E-state index contributed by atoms with van der Waals surface area (Å²) in [6.07, 6.45) is 9.48. The van der Waals surface area contributed by atoms with Gasteiger partial charge in [-0.3, -0.25) is 0 Å². The summed E-state index contributed by atoms with van der Waals surface area (Å²) in [5.41, 5.74) is 6.68. The molecule has 0 aliphatic heterocycles. The summed E-state index contributed by atoms with van der Waals surface area (Å²) in [7, 11) is -1.14. The van der Waals surface area contributed by atoms with Crippen molar-refractivity contribution in [2.75, 3.05) is 0 Å². The van der Waals surface area contributed by atoms with Gasteiger partial charge in [0.15, 0.2) is 0 Å². The maximum Gasteiger partial charge on any atom is 0.0775 e. The van der Waals surface area contributed by atoms with E-state index < -0.39 is 8.07 Å². The van der Waals surface area contributed by atoms with E-state index in [0.717, 1.165) is 12.1 Å². The first-order valence-electron chi connectivity index (χ1n) is 4.33. The van der Waals surface area contributed by atoms with E-state index in [4.69, 9.17) is 5.73 Å². The van der Waals surface area contributed by atoms with E-state index >= 15 is 0 Å². The molecule has 0 saturated carbocycles. The molecule has 12 heavy (non-hydrogen) atoms. The molecule has 66 valence electrons. The first-order chi connectivity index (χ1) is 5.50. The minimum atomic E-state index is -1.14. The highest BCUT2D eigenvalue weighted by Gasteiger charge is 2.16. The van der Waals surface area contributed by atoms with Crippen molar-refractivity contribution in [3.63, 3.8) is 0 Å². The lowest BCUT2D eigenvalue weighted by Gasteiger charge is -2.16. The van der Waals surface area contributed by atoms with E-state index in [-0.39, 0.29) is 0 Å². The van der Waals surface area contributed by atoms with Gasteiger partial charge in [-0.25, -0.2) is 0 Å². The van der Waals surface area contributed by atoms with Crippen molar-refractivity contribution in [2.24, 2.45) is 5.73 Å². The molecule has 0 heterocycles. The van der Waals surface area contributed by atoms with Crippen LogP contribution in [0, 0.1) is 0 Å². The molecule has 0 bridgehead atoms. The van der Waals surface area contributed by atoms with Gasteiger partial charge >= 0.3 is 0 Å². The smallest absolute Gasteiger partial charge is 0.0775 e. The van der Waals surface area contributed by atoms with E-state index in [9.17, 15) is 0 Å². The Morgan fingerprint density at radius 2 is 1.92 bits per heavy atom. The molecule has 0 aromatic carbocycles. The molecule has 0 amide bonds. The average molecular weight is 179 g/mol. The topological polar surface area (TPSA) is 26.0 Å². The number of allylic oxidation sites excluding steroid dienone is 5. The van der Waals surface area contributed by atoms with Crippen molar-refractivity contribution in [3.8, 4) is 0 Å². The predicted molar refractivity (Wildman–Crippen MR) is 57.5 cm³/mol. The number of nitrogens with two attached hydrogens (primary N) is 1. The molecule has 1 nitrogen and oxygen atoms in total. The zero-order valence-electron chi connectivity index (χ0n) is 8.09. The van der Waals surface area contributed by atoms with Crippen LogP contribution in [0.15, 0.2) is 35.2 Å². The number of hydrogen-bond acceptors (Lipinski definition) is 1. The van der Waals surface area contributed by atoms with Crippen LogP contribution in [0.25, 0.3) is 0 Å². The zero-order chi connectivity index (χ0) is 9.19. The maximum atomic E-state index is 5.72. The molecule has 1 aliphatic rings. The Labute approximate surface area is 75.7 Å². The minimum Gasteiger partial charge on any atom is -0.402 e. The van der Waals surface area contributed by atoms with E-state index in [0.29, 0.717) is 0 Å². The summed E-state index contributed by atoms with van der Waals surface area (Å²) < 4.78 is 0. The normalized spacial score (nSPS) is 18.2. The molecule has 0 fully saturated rings. The molecular weight excluding hydrogens is 162 g/mol. The summed E-state index contributed by atoms with van der Waals surface area (Å²) in [6.45, 7) is 7.04. The molecule has 0 unspecified atom stereocenters. The summed E-state index contributed by atoms with van der Waals surface area (Å²) >= 11 is 0. The second-order valence-electron chi connectivity index (χ2n) is 4.22. The molecule has 0 saturated heterocycles. The van der Waals surface area contributed by atoms with Crippen molar-refractivity contribution in [2.45, 2.75) is 26.1 Å². The van der Waals surface area contributed by atoms with E-state index in [2.05, 4.69) is 37.9 Å². The Hall–Kier alpha value is -0.763. The van der Waals surface area contributed by atoms with Gasteiger partial charge in [0, 0.05) is 12.1 Å². The summed E-state index contributed by atoms with van der Waals surface area (Å²) in [5.74, 6) is 0. The molecule has 2 N–H and O–H groups in total. The quantitative estimate of drug-likeness (QED) is 0.615. The van der Waals surface area contributed by atoms with Crippen molar-refractivity contribution in [1.29, 1.82) is 0 Å². The Balaban J connectivity index is 2.92. The van der Waals surface area contributed by atoms with Gasteiger partial charge in [0.2, 0.25) is 0 Å². The van der Waals surface area contributed by atoms with Crippen LogP contribution < -0.4 is 5.73 Å². The average Bonchev–Trinajstić information content (AvgIpc) is 2.11. The van der Waals surface area contributed by atoms with Crippen molar-refractivity contribution < 1.29 is 0 Å². The Kier molecular flexibility index (Phi) is 2.57. The lowest BCUT2D eigenvalue weighted by Crippen LogP contribution is -2.22. The lowest BCUT2D eigenvalue weighted by atomic mass is 10.3. The molecule has 2 heteroatoms. The van der Waals surface area contributed by atoms with Crippen LogP contribution in [0.2, 0.25) is 19.6 Å². The van der Waals surface area contributed by atoms with Gasteiger partial charge in [0.25, 0.3) is 0 Å². The van der Waals surface area contributed by atoms with Crippen molar-refractivity contribution in [3.05, 3.63) is 35.2 Å². The fraction of sp³-hybridized carbons (Fsp3) is 0.400. The van der Waals surface area contributed by atoms with Gasteiger partial charge in [-0.15, -0.1) is 0 Å². The van der Waals surface area contributed by atoms with Gasteiger partial charge in [0.1, 0.15) is 0 Å². The highest BCUT2D eigenvalue weighted by molar-refractivity contribution is 6.83. The molecule has 1 rings (SSSR count). The van der Waals surface area contributed by atoms with E-state index in [1.165, 1.54) is 5.20 Å². The van der Waals surface area contributed by atoms with Crippen LogP contribution in [0.3, 0.4) is 0 Å². The molecular formula is C10H17NSi. The molecule has 0 radical (unpaired) electrons. The summed E-state index contributed by atoms with van der Waals surface area (Å²) in [5, 5.41) is 1.47. The fourth-order valence-corrected chi connectivity index (χ4v) is 2.34. The minimum absolute atomic E-state index is 0.893. The van der Waals surface area contributed by atoms with Crippen LogP contribution >= 0.6 is 0 Å². The third kappa shape index (κ3) is 2.38. The molecule has 0 aromatic heterocycles. The highest BCUT2D eigenvalue weighted by atomic mass is 28.3. The third-order valence-corrected chi connectivity index (χ3v) is 4.06. The third-order valence-electron chi connectivity index (χ3n) is 1.99. The van der Waals surface area contributed by atoms with Crippen LogP contribution in [0.4, 0.5) is 0 Å². The van der Waals surface area contributed by atoms with E-state index in [1.807, 2.05) is 6.08 Å². The summed E-state index contributed by atoms with van der Waals surface area (Å²) in [6, 6.07) is 0. The highest BCUT2D eigenvalue weighted by Crippen LogP contribution is 2.18. The fourth-order valence-electron chi connectivity index (χ4n) is 1.14. The Morgan fingerprint density at radius 1 is 1.25 bits per heavy atom. The Bertz CT molecular complexity index is 254. The number of hydrogen-bond donors (Lipinski definition) is 1. The molecule has 1 aliphatic carbocycles. The molecule has 0 atom stereocenters. The zero-order valence-corrected chi connectivity index (χ0v) is 9.09. The van der Waals surface area contributed by atoms with Gasteiger partial charge in [-0.2, -0.15) is 0 Å². The second-order valence-corrected chi connectivity index (χ2v) is 9.30. The van der Waals surface area contributed by atoms with Crippen molar-refractivity contribution >= 4 is 8.07 Å². The monoisotopic (exact) mass is 179 g/mol. The summed E-state index contributed by atoms with van der Waals surface area (Å²) in [4.78, 5) is 0. The predicted octanol–water partition coefficient (Wildman–Crippen LogP) is 2.59. The van der Waals surface area contributed by atoms with Crippen LogP contribution in [0.1, 0.15) is 6.42 Å². The largest absolute Gasteiger partial charge is 0.402 e. The van der Waals surface area contributed by atoms with Crippen molar-refractivity contribution in [1.82, 2.24) is 0 Å². The van der Waals surface area contributed by atoms with Gasteiger partial charge in [-0.05, 0) is 6.08 Å². The molecule has 0 spiro atoms. The van der Waals surface area contributed by atoms with Gasteiger partial charge in [-0.1, -0.05) is 43.1 Å². The standard InChI is InChI=1S/C10H17NSi/c1-12(2,3)10-6-4-5-9(11)7-8-10/h4,6-8H,5,11H2,1-3H3. The van der Waals surface area contributed by atoms with Crippen LogP contribution in [-0.4, -0.2) is 8.07 Å². The van der Waals surface area contributed by atoms with Crippen LogP contribution in [-0.2, 0) is 0 Å².